The predicted molar refractivity (Wildman–Crippen MR) is 56.1 cm³/mol. The van der Waals surface area contributed by atoms with Crippen molar-refractivity contribution >= 4 is 5.91 Å². The van der Waals surface area contributed by atoms with Gasteiger partial charge in [0.05, 0.1) is 6.10 Å². The monoisotopic (exact) mass is 199 g/mol. The minimum atomic E-state index is 0.161. The van der Waals surface area contributed by atoms with Crippen molar-refractivity contribution in [3.05, 3.63) is 0 Å². The Hall–Kier alpha value is -0.570. The second-order valence-corrected chi connectivity index (χ2v) is 4.37. The van der Waals surface area contributed by atoms with Crippen LogP contribution >= 0.6 is 0 Å². The molecule has 0 radical (unpaired) electrons. The highest BCUT2D eigenvalue weighted by Gasteiger charge is 2.16. The van der Waals surface area contributed by atoms with Crippen LogP contribution in [0.5, 0.6) is 0 Å². The molecule has 0 aromatic carbocycles. The Bertz CT molecular complexity index is 174. The third kappa shape index (κ3) is 4.61. The van der Waals surface area contributed by atoms with Crippen molar-refractivity contribution < 1.29 is 9.53 Å². The summed E-state index contributed by atoms with van der Waals surface area (Å²) in [5, 5.41) is 2.91. The molecule has 0 spiro atoms. The van der Waals surface area contributed by atoms with Crippen molar-refractivity contribution in [3.8, 4) is 0 Å². The van der Waals surface area contributed by atoms with E-state index in [2.05, 4.69) is 19.2 Å². The third-order valence-electron chi connectivity index (χ3n) is 2.42. The fraction of sp³-hybridized carbons (Fsp3) is 0.909. The standard InChI is InChI=1S/C11H21NO2/c1-9(2)8-12-11(13)6-5-10-4-3-7-14-10/h9-10H,3-8H2,1-2H3,(H,12,13)/t10-/m0/s1. The summed E-state index contributed by atoms with van der Waals surface area (Å²) in [6.45, 7) is 5.85. The first-order valence-corrected chi connectivity index (χ1v) is 5.57. The maximum absolute atomic E-state index is 11.3. The zero-order valence-corrected chi connectivity index (χ0v) is 9.21. The second kappa shape index (κ2) is 6.02. The molecule has 14 heavy (non-hydrogen) atoms. The highest BCUT2D eigenvalue weighted by atomic mass is 16.5. The smallest absolute Gasteiger partial charge is 0.220 e. The third-order valence-corrected chi connectivity index (χ3v) is 2.42. The van der Waals surface area contributed by atoms with Crippen molar-refractivity contribution in [1.82, 2.24) is 5.32 Å². The summed E-state index contributed by atoms with van der Waals surface area (Å²) in [6, 6.07) is 0. The van der Waals surface area contributed by atoms with Gasteiger partial charge in [-0.3, -0.25) is 4.79 Å². The van der Waals surface area contributed by atoms with E-state index < -0.39 is 0 Å². The molecule has 1 N–H and O–H groups in total. The lowest BCUT2D eigenvalue weighted by Crippen LogP contribution is -2.27. The molecule has 1 saturated heterocycles. The van der Waals surface area contributed by atoms with Gasteiger partial charge >= 0.3 is 0 Å². The lowest BCUT2D eigenvalue weighted by Gasteiger charge is -2.10. The average molecular weight is 199 g/mol. The van der Waals surface area contributed by atoms with Crippen molar-refractivity contribution in [2.45, 2.75) is 45.6 Å². The SMILES string of the molecule is CC(C)CNC(=O)CC[C@@H]1CCCO1. The lowest BCUT2D eigenvalue weighted by atomic mass is 10.1. The molecule has 0 unspecified atom stereocenters. The molecule has 3 nitrogen and oxygen atoms in total. The summed E-state index contributed by atoms with van der Waals surface area (Å²) in [5.74, 6) is 0.691. The van der Waals surface area contributed by atoms with Crippen LogP contribution in [0.3, 0.4) is 0 Å². The number of carbonyl (C=O) groups is 1. The minimum Gasteiger partial charge on any atom is -0.378 e. The maximum atomic E-state index is 11.3. The van der Waals surface area contributed by atoms with Gasteiger partial charge in [0.2, 0.25) is 5.91 Å². The average Bonchev–Trinajstić information content (AvgIpc) is 2.63. The quantitative estimate of drug-likeness (QED) is 0.732. The highest BCUT2D eigenvalue weighted by molar-refractivity contribution is 5.75. The molecule has 0 aliphatic carbocycles. The molecule has 1 rings (SSSR count). The topological polar surface area (TPSA) is 38.3 Å². The number of amides is 1. The van der Waals surface area contributed by atoms with Crippen LogP contribution in [0, 0.1) is 5.92 Å². The summed E-state index contributed by atoms with van der Waals surface area (Å²) in [5.41, 5.74) is 0. The van der Waals surface area contributed by atoms with Gasteiger partial charge < -0.3 is 10.1 Å². The van der Waals surface area contributed by atoms with E-state index >= 15 is 0 Å². The first-order chi connectivity index (χ1) is 6.68. The molecule has 1 aliphatic rings. The van der Waals surface area contributed by atoms with Crippen LogP contribution in [0.4, 0.5) is 0 Å². The Morgan fingerprint density at radius 3 is 2.93 bits per heavy atom. The zero-order valence-electron chi connectivity index (χ0n) is 9.21. The van der Waals surface area contributed by atoms with Crippen molar-refractivity contribution in [1.29, 1.82) is 0 Å². The summed E-state index contributed by atoms with van der Waals surface area (Å²) >= 11 is 0. The van der Waals surface area contributed by atoms with E-state index in [0.29, 0.717) is 18.4 Å². The molecule has 1 atom stereocenters. The molecule has 0 saturated carbocycles. The number of carbonyl (C=O) groups excluding carboxylic acids is 1. The normalized spacial score (nSPS) is 21.5. The molecule has 1 amide bonds. The summed E-state index contributed by atoms with van der Waals surface area (Å²) in [6.07, 6.45) is 4.09. The number of hydrogen-bond acceptors (Lipinski definition) is 2. The van der Waals surface area contributed by atoms with Gasteiger partial charge in [-0.2, -0.15) is 0 Å². The van der Waals surface area contributed by atoms with Gasteiger partial charge in [0, 0.05) is 19.6 Å². The predicted octanol–water partition coefficient (Wildman–Crippen LogP) is 1.72. The number of rotatable bonds is 5. The molecule has 1 aliphatic heterocycles. The van der Waals surface area contributed by atoms with Crippen molar-refractivity contribution in [2.24, 2.45) is 5.92 Å². The Balaban J connectivity index is 2.02. The fourth-order valence-electron chi connectivity index (χ4n) is 1.57. The zero-order chi connectivity index (χ0) is 10.4. The highest BCUT2D eigenvalue weighted by Crippen LogP contribution is 2.16. The van der Waals surface area contributed by atoms with Crippen LogP contribution in [0.15, 0.2) is 0 Å². The molecule has 82 valence electrons. The van der Waals surface area contributed by atoms with E-state index in [1.165, 1.54) is 0 Å². The summed E-state index contributed by atoms with van der Waals surface area (Å²) < 4.78 is 5.45. The van der Waals surface area contributed by atoms with E-state index in [9.17, 15) is 4.79 Å². The van der Waals surface area contributed by atoms with Gasteiger partial charge in [0.15, 0.2) is 0 Å². The Morgan fingerprint density at radius 2 is 2.36 bits per heavy atom. The first kappa shape index (κ1) is 11.5. The molecule has 1 heterocycles. The van der Waals surface area contributed by atoms with Crippen LogP contribution in [-0.4, -0.2) is 25.2 Å². The van der Waals surface area contributed by atoms with Crippen LogP contribution < -0.4 is 5.32 Å². The number of ether oxygens (including phenoxy) is 1. The van der Waals surface area contributed by atoms with Gasteiger partial charge in [-0.25, -0.2) is 0 Å². The largest absolute Gasteiger partial charge is 0.378 e. The maximum Gasteiger partial charge on any atom is 0.220 e. The van der Waals surface area contributed by atoms with Gasteiger partial charge in [0.1, 0.15) is 0 Å². The minimum absolute atomic E-state index is 0.161. The lowest BCUT2D eigenvalue weighted by molar-refractivity contribution is -0.121. The Morgan fingerprint density at radius 1 is 1.57 bits per heavy atom. The van der Waals surface area contributed by atoms with Crippen molar-refractivity contribution in [3.63, 3.8) is 0 Å². The van der Waals surface area contributed by atoms with Gasteiger partial charge in [-0.15, -0.1) is 0 Å². The van der Waals surface area contributed by atoms with Crippen molar-refractivity contribution in [2.75, 3.05) is 13.2 Å². The molecule has 0 bridgehead atoms. The first-order valence-electron chi connectivity index (χ1n) is 5.57. The van der Waals surface area contributed by atoms with Crippen LogP contribution in [0.25, 0.3) is 0 Å². The van der Waals surface area contributed by atoms with E-state index in [0.717, 1.165) is 32.4 Å². The van der Waals surface area contributed by atoms with E-state index in [1.54, 1.807) is 0 Å². The molecular weight excluding hydrogens is 178 g/mol. The Labute approximate surface area is 86.2 Å². The summed E-state index contributed by atoms with van der Waals surface area (Å²) in [4.78, 5) is 11.3. The molecule has 1 fully saturated rings. The number of nitrogens with one attached hydrogen (secondary N) is 1. The van der Waals surface area contributed by atoms with Crippen LogP contribution in [-0.2, 0) is 9.53 Å². The summed E-state index contributed by atoms with van der Waals surface area (Å²) in [7, 11) is 0. The Kier molecular flexibility index (Phi) is 4.94. The van der Waals surface area contributed by atoms with Gasteiger partial charge in [-0.1, -0.05) is 13.8 Å². The van der Waals surface area contributed by atoms with Gasteiger partial charge in [0.25, 0.3) is 0 Å². The van der Waals surface area contributed by atoms with E-state index in [4.69, 9.17) is 4.74 Å². The van der Waals surface area contributed by atoms with Gasteiger partial charge in [-0.05, 0) is 25.2 Å². The molecule has 0 aromatic rings. The molecule has 0 aromatic heterocycles. The van der Waals surface area contributed by atoms with E-state index in [1.807, 2.05) is 0 Å². The van der Waals surface area contributed by atoms with Crippen LogP contribution in [0.2, 0.25) is 0 Å². The van der Waals surface area contributed by atoms with Crippen LogP contribution in [0.1, 0.15) is 39.5 Å². The molecular formula is C11H21NO2. The van der Waals surface area contributed by atoms with E-state index in [-0.39, 0.29) is 5.91 Å². The fourth-order valence-corrected chi connectivity index (χ4v) is 1.57. The number of hydrogen-bond donors (Lipinski definition) is 1. The second-order valence-electron chi connectivity index (χ2n) is 4.37. The molecule has 3 heteroatoms.